The molecule has 1 N–H and O–H groups in total. The lowest BCUT2D eigenvalue weighted by molar-refractivity contribution is -0.131. The fourth-order valence-electron chi connectivity index (χ4n) is 4.02. The van der Waals surface area contributed by atoms with E-state index in [4.69, 9.17) is 23.2 Å². The zero-order valence-corrected chi connectivity index (χ0v) is 14.1. The van der Waals surface area contributed by atoms with Gasteiger partial charge in [-0.25, -0.2) is 0 Å². The SMILES string of the molecule is CN(C(=O)Cc1ccc(Cl)c(Cl)c1)C1C[C@H]2CC(O)C[C@H]2C1. The molecule has 0 bridgehead atoms. The van der Waals surface area contributed by atoms with Gasteiger partial charge in [0, 0.05) is 13.1 Å². The lowest BCUT2D eigenvalue weighted by atomic mass is 10.0. The maximum Gasteiger partial charge on any atom is 0.226 e. The van der Waals surface area contributed by atoms with Crippen LogP contribution in [0.1, 0.15) is 31.2 Å². The van der Waals surface area contributed by atoms with Crippen LogP contribution in [-0.4, -0.2) is 35.1 Å². The molecule has 0 spiro atoms. The molecule has 0 radical (unpaired) electrons. The first kappa shape index (κ1) is 16.1. The van der Waals surface area contributed by atoms with Gasteiger partial charge in [-0.1, -0.05) is 29.3 Å². The van der Waals surface area contributed by atoms with Crippen LogP contribution in [-0.2, 0) is 11.2 Å². The highest BCUT2D eigenvalue weighted by Crippen LogP contribution is 2.45. The van der Waals surface area contributed by atoms with E-state index in [0.717, 1.165) is 31.2 Å². The number of rotatable bonds is 3. The number of hydrogen-bond acceptors (Lipinski definition) is 2. The molecule has 1 amide bonds. The van der Waals surface area contributed by atoms with E-state index < -0.39 is 0 Å². The quantitative estimate of drug-likeness (QED) is 0.913. The molecule has 22 heavy (non-hydrogen) atoms. The highest BCUT2D eigenvalue weighted by molar-refractivity contribution is 6.42. The van der Waals surface area contributed by atoms with Crippen molar-refractivity contribution in [2.75, 3.05) is 7.05 Å². The first-order chi connectivity index (χ1) is 10.4. The van der Waals surface area contributed by atoms with Crippen molar-refractivity contribution in [1.82, 2.24) is 4.90 Å². The number of amides is 1. The van der Waals surface area contributed by atoms with Crippen LogP contribution in [0.2, 0.25) is 10.0 Å². The Morgan fingerprint density at radius 1 is 1.18 bits per heavy atom. The van der Waals surface area contributed by atoms with Crippen molar-refractivity contribution in [1.29, 1.82) is 0 Å². The van der Waals surface area contributed by atoms with E-state index in [9.17, 15) is 9.90 Å². The highest BCUT2D eigenvalue weighted by atomic mass is 35.5. The molecule has 4 atom stereocenters. The zero-order valence-electron chi connectivity index (χ0n) is 12.6. The minimum absolute atomic E-state index is 0.115. The van der Waals surface area contributed by atoms with Gasteiger partial charge in [0.15, 0.2) is 0 Å². The van der Waals surface area contributed by atoms with Crippen LogP contribution in [0, 0.1) is 11.8 Å². The van der Waals surface area contributed by atoms with Crippen LogP contribution in [0.4, 0.5) is 0 Å². The lowest BCUT2D eigenvalue weighted by Gasteiger charge is -2.26. The number of halogens is 2. The number of likely N-dealkylation sites (N-methyl/N-ethyl adjacent to an activating group) is 1. The van der Waals surface area contributed by atoms with Gasteiger partial charge in [-0.05, 0) is 55.2 Å². The zero-order chi connectivity index (χ0) is 15.9. The minimum Gasteiger partial charge on any atom is -0.393 e. The smallest absolute Gasteiger partial charge is 0.226 e. The number of carbonyl (C=O) groups excluding carboxylic acids is 1. The first-order valence-corrected chi connectivity index (χ1v) is 8.57. The summed E-state index contributed by atoms with van der Waals surface area (Å²) in [7, 11) is 1.89. The monoisotopic (exact) mass is 341 g/mol. The van der Waals surface area contributed by atoms with Crippen molar-refractivity contribution in [2.24, 2.45) is 11.8 Å². The Morgan fingerprint density at radius 3 is 2.41 bits per heavy atom. The summed E-state index contributed by atoms with van der Waals surface area (Å²) in [6.45, 7) is 0. The minimum atomic E-state index is -0.131. The molecule has 0 aliphatic heterocycles. The van der Waals surface area contributed by atoms with E-state index in [1.807, 2.05) is 18.0 Å². The van der Waals surface area contributed by atoms with E-state index in [2.05, 4.69) is 0 Å². The molecule has 2 saturated carbocycles. The Labute approximate surface area is 141 Å². The largest absolute Gasteiger partial charge is 0.393 e. The average molecular weight is 342 g/mol. The summed E-state index contributed by atoms with van der Waals surface area (Å²) in [6, 6.07) is 5.64. The van der Waals surface area contributed by atoms with Crippen molar-refractivity contribution in [2.45, 2.75) is 44.2 Å². The van der Waals surface area contributed by atoms with Gasteiger partial charge >= 0.3 is 0 Å². The summed E-state index contributed by atoms with van der Waals surface area (Å²) in [5.74, 6) is 1.28. The molecule has 3 nitrogen and oxygen atoms in total. The van der Waals surface area contributed by atoms with Crippen molar-refractivity contribution in [3.05, 3.63) is 33.8 Å². The van der Waals surface area contributed by atoms with Crippen LogP contribution >= 0.6 is 23.2 Å². The van der Waals surface area contributed by atoms with Crippen molar-refractivity contribution < 1.29 is 9.90 Å². The molecule has 1 aromatic rings. The maximum absolute atomic E-state index is 12.5. The Kier molecular flexibility index (Phi) is 4.67. The molecule has 2 fully saturated rings. The molecule has 0 saturated heterocycles. The Balaban J connectivity index is 1.59. The Hall–Kier alpha value is -0.770. The van der Waals surface area contributed by atoms with Crippen molar-refractivity contribution in [3.8, 4) is 0 Å². The van der Waals surface area contributed by atoms with Crippen molar-refractivity contribution in [3.63, 3.8) is 0 Å². The highest BCUT2D eigenvalue weighted by Gasteiger charge is 2.42. The molecule has 3 rings (SSSR count). The summed E-state index contributed by atoms with van der Waals surface area (Å²) in [5.41, 5.74) is 0.889. The second-order valence-corrected chi connectivity index (χ2v) is 7.51. The molecule has 2 aliphatic carbocycles. The third kappa shape index (κ3) is 3.27. The molecule has 2 unspecified atom stereocenters. The number of carbonyl (C=O) groups is 1. The summed E-state index contributed by atoms with van der Waals surface area (Å²) >= 11 is 11.9. The van der Waals surface area contributed by atoms with Crippen LogP contribution in [0.25, 0.3) is 0 Å². The molecule has 120 valence electrons. The number of hydrogen-bond donors (Lipinski definition) is 1. The fourth-order valence-corrected chi connectivity index (χ4v) is 4.34. The second kappa shape index (κ2) is 6.38. The third-order valence-electron chi connectivity index (χ3n) is 5.25. The Morgan fingerprint density at radius 2 is 1.82 bits per heavy atom. The van der Waals surface area contributed by atoms with E-state index in [0.29, 0.717) is 34.3 Å². The number of fused-ring (bicyclic) bond motifs is 1. The first-order valence-electron chi connectivity index (χ1n) is 7.81. The van der Waals surface area contributed by atoms with Gasteiger partial charge in [0.05, 0.1) is 22.6 Å². The summed E-state index contributed by atoms with van der Waals surface area (Å²) in [5, 5.41) is 10.7. The van der Waals surface area contributed by atoms with Crippen LogP contribution in [0.3, 0.4) is 0 Å². The number of nitrogens with zero attached hydrogens (tertiary/aromatic N) is 1. The molecule has 2 aliphatic rings. The molecule has 0 heterocycles. The second-order valence-electron chi connectivity index (χ2n) is 6.70. The summed E-state index contributed by atoms with van der Waals surface area (Å²) in [4.78, 5) is 14.4. The Bertz CT molecular complexity index is 564. The predicted molar refractivity (Wildman–Crippen MR) is 88.2 cm³/mol. The molecule has 1 aromatic carbocycles. The predicted octanol–water partition coefficient (Wildman–Crippen LogP) is 3.54. The number of aliphatic hydroxyl groups excluding tert-OH is 1. The molecular weight excluding hydrogens is 321 g/mol. The fraction of sp³-hybridized carbons (Fsp3) is 0.588. The van der Waals surface area contributed by atoms with E-state index >= 15 is 0 Å². The summed E-state index contributed by atoms with van der Waals surface area (Å²) in [6.07, 6.45) is 4.05. The van der Waals surface area contributed by atoms with Crippen LogP contribution in [0.15, 0.2) is 18.2 Å². The average Bonchev–Trinajstić information content (AvgIpc) is 2.99. The van der Waals surface area contributed by atoms with Crippen LogP contribution in [0.5, 0.6) is 0 Å². The van der Waals surface area contributed by atoms with E-state index in [1.165, 1.54) is 0 Å². The molecular formula is C17H21Cl2NO2. The van der Waals surface area contributed by atoms with E-state index in [1.54, 1.807) is 12.1 Å². The van der Waals surface area contributed by atoms with Crippen molar-refractivity contribution >= 4 is 29.1 Å². The molecule has 0 aromatic heterocycles. The van der Waals surface area contributed by atoms with Gasteiger partial charge in [0.25, 0.3) is 0 Å². The number of benzene rings is 1. The van der Waals surface area contributed by atoms with Gasteiger partial charge in [0.2, 0.25) is 5.91 Å². The third-order valence-corrected chi connectivity index (χ3v) is 5.99. The molecule has 5 heteroatoms. The van der Waals surface area contributed by atoms with Gasteiger partial charge in [0.1, 0.15) is 0 Å². The normalized spacial score (nSPS) is 30.4. The maximum atomic E-state index is 12.5. The number of aliphatic hydroxyl groups is 1. The standard InChI is InChI=1S/C17H21Cl2NO2/c1-20(13-6-11-8-14(21)9-12(11)7-13)17(22)5-10-2-3-15(18)16(19)4-10/h2-4,11-14,21H,5-9H2,1H3/t11-,12+,13?,14?. The summed E-state index contributed by atoms with van der Waals surface area (Å²) < 4.78 is 0. The van der Waals surface area contributed by atoms with Gasteiger partial charge in [-0.3, -0.25) is 4.79 Å². The van der Waals surface area contributed by atoms with Gasteiger partial charge in [-0.2, -0.15) is 0 Å². The topological polar surface area (TPSA) is 40.5 Å². The lowest BCUT2D eigenvalue weighted by Crippen LogP contribution is -2.37. The van der Waals surface area contributed by atoms with Crippen LogP contribution < -0.4 is 0 Å². The van der Waals surface area contributed by atoms with E-state index in [-0.39, 0.29) is 12.0 Å². The van der Waals surface area contributed by atoms with Gasteiger partial charge in [-0.15, -0.1) is 0 Å². The van der Waals surface area contributed by atoms with Gasteiger partial charge < -0.3 is 10.0 Å².